The second-order valence-corrected chi connectivity index (χ2v) is 5.55. The molecule has 110 valence electrons. The first-order valence-corrected chi connectivity index (χ1v) is 7.43. The molecule has 0 aliphatic carbocycles. The van der Waals surface area contributed by atoms with Gasteiger partial charge in [-0.3, -0.25) is 14.8 Å². The fourth-order valence-corrected chi connectivity index (χ4v) is 2.14. The number of aromatic nitrogens is 2. The monoisotopic (exact) mass is 348 g/mol. The first-order chi connectivity index (χ1) is 10.1. The molecule has 0 aliphatic rings. The standard InChI is InChI=1S/C15H17BrN4O/c1-20(7-5-13-4-2-3-6-18-13)15(21)11-19-14-8-12(16)9-17-10-14/h2-4,6,8-10,19H,5,7,11H2,1H3. The van der Waals surface area contributed by atoms with Gasteiger partial charge in [0.1, 0.15) is 0 Å². The molecule has 0 aromatic carbocycles. The maximum absolute atomic E-state index is 12.0. The van der Waals surface area contributed by atoms with Crippen molar-refractivity contribution in [1.29, 1.82) is 0 Å². The van der Waals surface area contributed by atoms with E-state index < -0.39 is 0 Å². The van der Waals surface area contributed by atoms with E-state index >= 15 is 0 Å². The van der Waals surface area contributed by atoms with E-state index in [1.165, 1.54) is 0 Å². The van der Waals surface area contributed by atoms with E-state index in [4.69, 9.17) is 0 Å². The lowest BCUT2D eigenvalue weighted by molar-refractivity contribution is -0.128. The minimum Gasteiger partial charge on any atom is -0.375 e. The molecule has 2 aromatic rings. The molecule has 0 bridgehead atoms. The van der Waals surface area contributed by atoms with Crippen LogP contribution in [0, 0.1) is 0 Å². The molecule has 0 unspecified atom stereocenters. The van der Waals surface area contributed by atoms with Crippen molar-refractivity contribution in [3.05, 3.63) is 53.0 Å². The number of pyridine rings is 2. The number of amides is 1. The third-order valence-electron chi connectivity index (χ3n) is 3.00. The highest BCUT2D eigenvalue weighted by Gasteiger charge is 2.08. The van der Waals surface area contributed by atoms with E-state index in [0.717, 1.165) is 22.3 Å². The van der Waals surface area contributed by atoms with Crippen LogP contribution in [0.3, 0.4) is 0 Å². The molecular formula is C15H17BrN4O. The van der Waals surface area contributed by atoms with E-state index in [9.17, 15) is 4.79 Å². The fourth-order valence-electron chi connectivity index (χ4n) is 1.77. The van der Waals surface area contributed by atoms with Crippen molar-refractivity contribution < 1.29 is 4.79 Å². The Labute approximate surface area is 132 Å². The second-order valence-electron chi connectivity index (χ2n) is 4.63. The van der Waals surface area contributed by atoms with Crippen LogP contribution in [0.5, 0.6) is 0 Å². The number of likely N-dealkylation sites (N-methyl/N-ethyl adjacent to an activating group) is 1. The Morgan fingerprint density at radius 2 is 2.24 bits per heavy atom. The van der Waals surface area contributed by atoms with Crippen LogP contribution < -0.4 is 5.32 Å². The summed E-state index contributed by atoms with van der Waals surface area (Å²) in [6.45, 7) is 0.894. The van der Waals surface area contributed by atoms with Gasteiger partial charge in [0.25, 0.3) is 0 Å². The Bertz CT molecular complexity index is 591. The average molecular weight is 349 g/mol. The van der Waals surface area contributed by atoms with Gasteiger partial charge in [0, 0.05) is 42.6 Å². The molecule has 0 fully saturated rings. The van der Waals surface area contributed by atoms with Crippen LogP contribution in [0.25, 0.3) is 0 Å². The molecule has 0 spiro atoms. The van der Waals surface area contributed by atoms with Crippen molar-refractivity contribution in [2.24, 2.45) is 0 Å². The van der Waals surface area contributed by atoms with Crippen molar-refractivity contribution in [2.75, 3.05) is 25.5 Å². The van der Waals surface area contributed by atoms with Gasteiger partial charge in [0.2, 0.25) is 5.91 Å². The normalized spacial score (nSPS) is 10.2. The first-order valence-electron chi connectivity index (χ1n) is 6.63. The lowest BCUT2D eigenvalue weighted by atomic mass is 10.2. The smallest absolute Gasteiger partial charge is 0.241 e. The van der Waals surface area contributed by atoms with Gasteiger partial charge in [0.05, 0.1) is 18.4 Å². The van der Waals surface area contributed by atoms with Gasteiger partial charge in [0.15, 0.2) is 0 Å². The quantitative estimate of drug-likeness (QED) is 0.870. The third kappa shape index (κ3) is 5.15. The van der Waals surface area contributed by atoms with Gasteiger partial charge in [-0.2, -0.15) is 0 Å². The molecule has 0 atom stereocenters. The van der Waals surface area contributed by atoms with E-state index in [0.29, 0.717) is 6.54 Å². The van der Waals surface area contributed by atoms with Crippen LogP contribution in [0.1, 0.15) is 5.69 Å². The average Bonchev–Trinajstić information content (AvgIpc) is 2.51. The molecule has 1 amide bonds. The molecule has 1 N–H and O–H groups in total. The number of anilines is 1. The summed E-state index contributed by atoms with van der Waals surface area (Å²) in [4.78, 5) is 22.0. The van der Waals surface area contributed by atoms with Crippen LogP contribution in [-0.2, 0) is 11.2 Å². The van der Waals surface area contributed by atoms with Crippen molar-refractivity contribution >= 4 is 27.5 Å². The Balaban J connectivity index is 1.77. The first kappa shape index (κ1) is 15.4. The number of hydrogen-bond acceptors (Lipinski definition) is 4. The third-order valence-corrected chi connectivity index (χ3v) is 3.44. The Kier molecular flexibility index (Phi) is 5.68. The molecule has 0 aliphatic heterocycles. The molecule has 5 nitrogen and oxygen atoms in total. The van der Waals surface area contributed by atoms with Crippen molar-refractivity contribution in [2.45, 2.75) is 6.42 Å². The zero-order valence-corrected chi connectivity index (χ0v) is 13.4. The molecule has 0 saturated heterocycles. The molecule has 2 aromatic heterocycles. The number of carbonyl (C=O) groups is 1. The summed E-state index contributed by atoms with van der Waals surface area (Å²) in [5, 5.41) is 3.07. The Morgan fingerprint density at radius 1 is 1.38 bits per heavy atom. The second kappa shape index (κ2) is 7.73. The zero-order chi connectivity index (χ0) is 15.1. The van der Waals surface area contributed by atoms with Gasteiger partial charge in [-0.15, -0.1) is 0 Å². The van der Waals surface area contributed by atoms with Gasteiger partial charge >= 0.3 is 0 Å². The lowest BCUT2D eigenvalue weighted by Crippen LogP contribution is -2.33. The molecule has 0 saturated carbocycles. The Hall–Kier alpha value is -1.95. The summed E-state index contributed by atoms with van der Waals surface area (Å²) in [6.07, 6.45) is 5.90. The van der Waals surface area contributed by atoms with Crippen LogP contribution in [0.2, 0.25) is 0 Å². The number of nitrogens with one attached hydrogen (secondary N) is 1. The van der Waals surface area contributed by atoms with Crippen molar-refractivity contribution in [3.63, 3.8) is 0 Å². The molecule has 2 rings (SSSR count). The number of hydrogen-bond donors (Lipinski definition) is 1. The van der Waals surface area contributed by atoms with Crippen molar-refractivity contribution in [1.82, 2.24) is 14.9 Å². The van der Waals surface area contributed by atoms with E-state index in [-0.39, 0.29) is 12.5 Å². The van der Waals surface area contributed by atoms with E-state index in [1.54, 1.807) is 30.5 Å². The highest BCUT2D eigenvalue weighted by atomic mass is 79.9. The van der Waals surface area contributed by atoms with Crippen LogP contribution >= 0.6 is 15.9 Å². The zero-order valence-electron chi connectivity index (χ0n) is 11.8. The molecule has 2 heterocycles. The highest BCUT2D eigenvalue weighted by Crippen LogP contribution is 2.13. The minimum atomic E-state index is 0.0332. The summed E-state index contributed by atoms with van der Waals surface area (Å²) in [6, 6.07) is 7.68. The predicted octanol–water partition coefficient (Wildman–Crippen LogP) is 2.35. The van der Waals surface area contributed by atoms with Crippen LogP contribution in [0.4, 0.5) is 5.69 Å². The lowest BCUT2D eigenvalue weighted by Gasteiger charge is -2.17. The van der Waals surface area contributed by atoms with E-state index in [2.05, 4.69) is 31.2 Å². The largest absolute Gasteiger partial charge is 0.375 e. The highest BCUT2D eigenvalue weighted by molar-refractivity contribution is 9.10. The van der Waals surface area contributed by atoms with Gasteiger partial charge in [-0.1, -0.05) is 6.07 Å². The number of nitrogens with zero attached hydrogens (tertiary/aromatic N) is 3. The molecule has 6 heteroatoms. The minimum absolute atomic E-state index is 0.0332. The van der Waals surface area contributed by atoms with E-state index in [1.807, 2.05) is 24.3 Å². The number of halogens is 1. The maximum Gasteiger partial charge on any atom is 0.241 e. The number of rotatable bonds is 6. The summed E-state index contributed by atoms with van der Waals surface area (Å²) in [5.41, 5.74) is 1.80. The van der Waals surface area contributed by atoms with Crippen molar-refractivity contribution in [3.8, 4) is 0 Å². The predicted molar refractivity (Wildman–Crippen MR) is 86.0 cm³/mol. The van der Waals surface area contributed by atoms with Crippen LogP contribution in [0.15, 0.2) is 47.3 Å². The molecule has 0 radical (unpaired) electrons. The van der Waals surface area contributed by atoms with Gasteiger partial charge in [-0.05, 0) is 34.1 Å². The molecule has 21 heavy (non-hydrogen) atoms. The summed E-state index contributed by atoms with van der Waals surface area (Å²) in [5.74, 6) is 0.0332. The summed E-state index contributed by atoms with van der Waals surface area (Å²) >= 11 is 3.34. The fraction of sp³-hybridized carbons (Fsp3) is 0.267. The summed E-state index contributed by atoms with van der Waals surface area (Å²) < 4.78 is 0.878. The van der Waals surface area contributed by atoms with Gasteiger partial charge < -0.3 is 10.2 Å². The Morgan fingerprint density at radius 3 is 2.95 bits per heavy atom. The summed E-state index contributed by atoms with van der Waals surface area (Å²) in [7, 11) is 1.80. The topological polar surface area (TPSA) is 58.1 Å². The SMILES string of the molecule is CN(CCc1ccccn1)C(=O)CNc1cncc(Br)c1. The van der Waals surface area contributed by atoms with Gasteiger partial charge in [-0.25, -0.2) is 0 Å². The van der Waals surface area contributed by atoms with Crippen LogP contribution in [-0.4, -0.2) is 40.9 Å². The number of carbonyl (C=O) groups excluding carboxylic acids is 1. The maximum atomic E-state index is 12.0. The molecular weight excluding hydrogens is 332 g/mol.